The lowest BCUT2D eigenvalue weighted by atomic mass is 10.0. The zero-order valence-corrected chi connectivity index (χ0v) is 10.9. The van der Waals surface area contributed by atoms with Gasteiger partial charge < -0.3 is 5.73 Å². The van der Waals surface area contributed by atoms with Crippen LogP contribution in [0.4, 0.5) is 5.82 Å². The van der Waals surface area contributed by atoms with Gasteiger partial charge in [0.15, 0.2) is 0 Å². The zero-order valence-electron chi connectivity index (χ0n) is 10.1. The maximum absolute atomic E-state index is 12.4. The quantitative estimate of drug-likeness (QED) is 0.870. The minimum atomic E-state index is -3.38. The molecule has 2 unspecified atom stereocenters. The van der Waals surface area contributed by atoms with Gasteiger partial charge in [-0.05, 0) is 36.8 Å². The third-order valence-electron chi connectivity index (χ3n) is 4.09. The monoisotopic (exact) mass is 267 g/mol. The van der Waals surface area contributed by atoms with E-state index in [1.165, 1.54) is 24.8 Å². The fourth-order valence-corrected chi connectivity index (χ4v) is 4.58. The van der Waals surface area contributed by atoms with Crippen LogP contribution in [0.15, 0.2) is 23.2 Å². The second-order valence-electron chi connectivity index (χ2n) is 5.19. The van der Waals surface area contributed by atoms with Crippen LogP contribution < -0.4 is 5.73 Å². The Morgan fingerprint density at radius 1 is 1.22 bits per heavy atom. The Bertz CT molecular complexity index is 529. The molecule has 3 rings (SSSR count). The predicted molar refractivity (Wildman–Crippen MR) is 68.2 cm³/mol. The molecule has 5 nitrogen and oxygen atoms in total. The van der Waals surface area contributed by atoms with Crippen molar-refractivity contribution < 1.29 is 8.42 Å². The van der Waals surface area contributed by atoms with Gasteiger partial charge in [-0.2, -0.15) is 4.31 Å². The van der Waals surface area contributed by atoms with Crippen LogP contribution >= 0.6 is 0 Å². The van der Waals surface area contributed by atoms with Crippen molar-refractivity contribution in [2.24, 2.45) is 11.8 Å². The van der Waals surface area contributed by atoms with E-state index in [0.29, 0.717) is 30.7 Å². The molecular weight excluding hydrogens is 250 g/mol. The van der Waals surface area contributed by atoms with Crippen molar-refractivity contribution in [3.05, 3.63) is 18.3 Å². The van der Waals surface area contributed by atoms with Gasteiger partial charge in [0.2, 0.25) is 10.0 Å². The van der Waals surface area contributed by atoms with Crippen LogP contribution in [0.2, 0.25) is 0 Å². The Morgan fingerprint density at radius 3 is 2.44 bits per heavy atom. The summed E-state index contributed by atoms with van der Waals surface area (Å²) in [6, 6.07) is 3.07. The average Bonchev–Trinajstić information content (AvgIpc) is 2.89. The molecule has 2 aliphatic rings. The molecule has 2 N–H and O–H groups in total. The van der Waals surface area contributed by atoms with Crippen molar-refractivity contribution >= 4 is 15.8 Å². The molecule has 1 saturated heterocycles. The molecular formula is C12H17N3O2S. The summed E-state index contributed by atoms with van der Waals surface area (Å²) in [5.74, 6) is 1.45. The summed E-state index contributed by atoms with van der Waals surface area (Å²) in [4.78, 5) is 4.11. The molecule has 2 atom stereocenters. The standard InChI is InChI=1S/C12H17N3O2S/c13-12-5-4-11(6-14-12)18(16,17)15-7-9-2-1-3-10(9)8-15/h4-6,9-10H,1-3,7-8H2,(H2,13,14). The fraction of sp³-hybridized carbons (Fsp3) is 0.583. The normalized spacial score (nSPS) is 28.4. The molecule has 18 heavy (non-hydrogen) atoms. The first-order valence-electron chi connectivity index (χ1n) is 6.29. The van der Waals surface area contributed by atoms with Crippen molar-refractivity contribution in [1.82, 2.24) is 9.29 Å². The number of aromatic nitrogens is 1. The highest BCUT2D eigenvalue weighted by Crippen LogP contribution is 2.39. The molecule has 0 spiro atoms. The third kappa shape index (κ3) is 1.89. The molecule has 0 amide bonds. The molecule has 98 valence electrons. The van der Waals surface area contributed by atoms with E-state index in [0.717, 1.165) is 12.8 Å². The van der Waals surface area contributed by atoms with Gasteiger partial charge in [-0.1, -0.05) is 6.42 Å². The number of hydrogen-bond donors (Lipinski definition) is 1. The Morgan fingerprint density at radius 2 is 1.89 bits per heavy atom. The third-order valence-corrected chi connectivity index (χ3v) is 5.90. The molecule has 0 radical (unpaired) electrons. The molecule has 0 bridgehead atoms. The number of nitrogen functional groups attached to an aromatic ring is 1. The topological polar surface area (TPSA) is 76.3 Å². The molecule has 1 saturated carbocycles. The van der Waals surface area contributed by atoms with Crippen molar-refractivity contribution in [2.75, 3.05) is 18.8 Å². The van der Waals surface area contributed by atoms with E-state index in [-0.39, 0.29) is 4.90 Å². The predicted octanol–water partition coefficient (Wildman–Crippen LogP) is 1.08. The highest BCUT2D eigenvalue weighted by molar-refractivity contribution is 7.89. The van der Waals surface area contributed by atoms with E-state index in [2.05, 4.69) is 4.98 Å². The second-order valence-corrected chi connectivity index (χ2v) is 7.13. The van der Waals surface area contributed by atoms with Gasteiger partial charge >= 0.3 is 0 Å². The number of anilines is 1. The van der Waals surface area contributed by atoms with Gasteiger partial charge in [0, 0.05) is 19.3 Å². The smallest absolute Gasteiger partial charge is 0.244 e. The SMILES string of the molecule is Nc1ccc(S(=O)(=O)N2CC3CCCC3C2)cn1. The molecule has 2 heterocycles. The van der Waals surface area contributed by atoms with Crippen LogP contribution in [0.3, 0.4) is 0 Å². The summed E-state index contributed by atoms with van der Waals surface area (Å²) in [7, 11) is -3.38. The van der Waals surface area contributed by atoms with Crippen LogP contribution in [-0.2, 0) is 10.0 Å². The number of pyridine rings is 1. The highest BCUT2D eigenvalue weighted by Gasteiger charge is 2.41. The molecule has 2 fully saturated rings. The van der Waals surface area contributed by atoms with Crippen molar-refractivity contribution in [2.45, 2.75) is 24.2 Å². The summed E-state index contributed by atoms with van der Waals surface area (Å²) < 4.78 is 26.4. The van der Waals surface area contributed by atoms with Crippen LogP contribution in [0.25, 0.3) is 0 Å². The maximum Gasteiger partial charge on any atom is 0.244 e. The van der Waals surface area contributed by atoms with Gasteiger partial charge in [0.1, 0.15) is 10.7 Å². The number of rotatable bonds is 2. The van der Waals surface area contributed by atoms with Gasteiger partial charge in [-0.25, -0.2) is 13.4 Å². The Kier molecular flexibility index (Phi) is 2.79. The first-order chi connectivity index (χ1) is 8.57. The molecule has 1 aromatic heterocycles. The lowest BCUT2D eigenvalue weighted by molar-refractivity contribution is 0.445. The molecule has 0 aromatic carbocycles. The maximum atomic E-state index is 12.4. The summed E-state index contributed by atoms with van der Waals surface area (Å²) in [5, 5.41) is 0. The number of fused-ring (bicyclic) bond motifs is 1. The summed E-state index contributed by atoms with van der Waals surface area (Å²) in [6.07, 6.45) is 4.92. The van der Waals surface area contributed by atoms with Crippen LogP contribution in [-0.4, -0.2) is 30.8 Å². The van der Waals surface area contributed by atoms with E-state index in [1.807, 2.05) is 0 Å². The fourth-order valence-electron chi connectivity index (χ4n) is 3.08. The minimum Gasteiger partial charge on any atom is -0.384 e. The average molecular weight is 267 g/mol. The summed E-state index contributed by atoms with van der Waals surface area (Å²) in [5.41, 5.74) is 5.48. The summed E-state index contributed by atoms with van der Waals surface area (Å²) >= 11 is 0. The first-order valence-corrected chi connectivity index (χ1v) is 7.73. The largest absolute Gasteiger partial charge is 0.384 e. The lowest BCUT2D eigenvalue weighted by Crippen LogP contribution is -2.29. The number of hydrogen-bond acceptors (Lipinski definition) is 4. The molecule has 6 heteroatoms. The lowest BCUT2D eigenvalue weighted by Gasteiger charge is -2.17. The van der Waals surface area contributed by atoms with Gasteiger partial charge in [-0.15, -0.1) is 0 Å². The van der Waals surface area contributed by atoms with Gasteiger partial charge in [-0.3, -0.25) is 0 Å². The first kappa shape index (κ1) is 11.9. The van der Waals surface area contributed by atoms with E-state index >= 15 is 0 Å². The van der Waals surface area contributed by atoms with Crippen molar-refractivity contribution in [3.8, 4) is 0 Å². The number of nitrogens with two attached hydrogens (primary N) is 1. The number of nitrogens with zero attached hydrogens (tertiary/aromatic N) is 2. The Labute approximate surface area is 107 Å². The molecule has 1 aliphatic heterocycles. The van der Waals surface area contributed by atoms with E-state index < -0.39 is 10.0 Å². The van der Waals surface area contributed by atoms with E-state index in [1.54, 1.807) is 4.31 Å². The van der Waals surface area contributed by atoms with Crippen molar-refractivity contribution in [1.29, 1.82) is 0 Å². The molecule has 1 aliphatic carbocycles. The Hall–Kier alpha value is -1.14. The highest BCUT2D eigenvalue weighted by atomic mass is 32.2. The van der Waals surface area contributed by atoms with E-state index in [9.17, 15) is 8.42 Å². The Balaban J connectivity index is 1.85. The number of sulfonamides is 1. The second kappa shape index (κ2) is 4.20. The van der Waals surface area contributed by atoms with Crippen LogP contribution in [0.1, 0.15) is 19.3 Å². The van der Waals surface area contributed by atoms with Crippen LogP contribution in [0, 0.1) is 11.8 Å². The molecule has 1 aromatic rings. The van der Waals surface area contributed by atoms with Gasteiger partial charge in [0.05, 0.1) is 0 Å². The van der Waals surface area contributed by atoms with E-state index in [4.69, 9.17) is 5.73 Å². The zero-order chi connectivity index (χ0) is 12.8. The minimum absolute atomic E-state index is 0.247. The van der Waals surface area contributed by atoms with Crippen molar-refractivity contribution in [3.63, 3.8) is 0 Å². The van der Waals surface area contributed by atoms with Crippen LogP contribution in [0.5, 0.6) is 0 Å². The van der Waals surface area contributed by atoms with Gasteiger partial charge in [0.25, 0.3) is 0 Å². The summed E-state index contributed by atoms with van der Waals surface area (Å²) in [6.45, 7) is 1.33.